The molecule has 0 radical (unpaired) electrons. The molecule has 1 heterocycles. The molecule has 0 saturated carbocycles. The van der Waals surface area contributed by atoms with Crippen LogP contribution in [0.3, 0.4) is 0 Å². The van der Waals surface area contributed by atoms with Crippen molar-refractivity contribution < 1.29 is 5.21 Å². The molecule has 0 unspecified atom stereocenters. The van der Waals surface area contributed by atoms with Gasteiger partial charge in [0.2, 0.25) is 0 Å². The number of aromatic nitrogens is 3. The van der Waals surface area contributed by atoms with Crippen molar-refractivity contribution in [1.82, 2.24) is 14.8 Å². The molecule has 82 valence electrons. The van der Waals surface area contributed by atoms with Crippen LogP contribution in [0.15, 0.2) is 40.5 Å². The quantitative estimate of drug-likeness (QED) is 0.374. The maximum absolute atomic E-state index is 8.69. The highest BCUT2D eigenvalue weighted by Gasteiger charge is 2.09. The molecule has 3 N–H and O–H groups in total. The van der Waals surface area contributed by atoms with E-state index in [2.05, 4.69) is 31.2 Å². The lowest BCUT2D eigenvalue weighted by molar-refractivity contribution is 0.318. The van der Waals surface area contributed by atoms with Crippen molar-refractivity contribution in [2.75, 3.05) is 0 Å². The second kappa shape index (κ2) is 4.31. The first-order chi connectivity index (χ1) is 7.72. The van der Waals surface area contributed by atoms with E-state index < -0.39 is 0 Å². The number of oxime groups is 1. The number of benzene rings is 1. The summed E-state index contributed by atoms with van der Waals surface area (Å²) in [7, 11) is 0. The molecule has 0 aliphatic heterocycles. The van der Waals surface area contributed by atoms with Gasteiger partial charge in [0, 0.05) is 10.0 Å². The average molecular weight is 282 g/mol. The minimum atomic E-state index is 0.0259. The first-order valence-corrected chi connectivity index (χ1v) is 5.14. The zero-order valence-electron chi connectivity index (χ0n) is 8.08. The van der Waals surface area contributed by atoms with Crippen LogP contribution in [0, 0.1) is 0 Å². The lowest BCUT2D eigenvalue weighted by atomic mass is 10.1. The molecule has 1 aromatic carbocycles. The number of rotatable bonds is 2. The van der Waals surface area contributed by atoms with Crippen molar-refractivity contribution in [2.45, 2.75) is 0 Å². The topological polar surface area (TPSA) is 89.3 Å². The van der Waals surface area contributed by atoms with E-state index in [1.165, 1.54) is 17.3 Å². The molecule has 0 aliphatic rings. The smallest absolute Gasteiger partial charge is 0.172 e. The normalized spacial score (nSPS) is 11.7. The van der Waals surface area contributed by atoms with Crippen molar-refractivity contribution in [2.24, 2.45) is 10.9 Å². The molecule has 2 aromatic rings. The van der Waals surface area contributed by atoms with Crippen molar-refractivity contribution in [3.05, 3.63) is 40.9 Å². The second-order valence-corrected chi connectivity index (χ2v) is 3.90. The number of nitrogens with two attached hydrogens (primary N) is 1. The Morgan fingerprint density at radius 1 is 1.50 bits per heavy atom. The lowest BCUT2D eigenvalue weighted by Crippen LogP contribution is -2.16. The highest BCUT2D eigenvalue weighted by Crippen LogP contribution is 2.19. The van der Waals surface area contributed by atoms with Crippen molar-refractivity contribution in [1.29, 1.82) is 0 Å². The van der Waals surface area contributed by atoms with Crippen LogP contribution in [0.4, 0.5) is 0 Å². The predicted molar refractivity (Wildman–Crippen MR) is 61.6 cm³/mol. The van der Waals surface area contributed by atoms with Gasteiger partial charge in [0.1, 0.15) is 12.7 Å². The van der Waals surface area contributed by atoms with E-state index in [0.717, 1.165) is 4.47 Å². The van der Waals surface area contributed by atoms with Gasteiger partial charge in [-0.1, -0.05) is 21.1 Å². The monoisotopic (exact) mass is 281 g/mol. The molecule has 6 nitrogen and oxygen atoms in total. The summed E-state index contributed by atoms with van der Waals surface area (Å²) < 4.78 is 2.41. The highest BCUT2D eigenvalue weighted by atomic mass is 79.9. The Hall–Kier alpha value is -1.89. The zero-order chi connectivity index (χ0) is 11.5. The summed E-state index contributed by atoms with van der Waals surface area (Å²) in [4.78, 5) is 3.85. The molecule has 0 fully saturated rings. The Morgan fingerprint density at radius 3 is 2.94 bits per heavy atom. The van der Waals surface area contributed by atoms with E-state index >= 15 is 0 Å². The summed E-state index contributed by atoms with van der Waals surface area (Å²) in [6.07, 6.45) is 2.95. The summed E-state index contributed by atoms with van der Waals surface area (Å²) in [5, 5.41) is 15.7. The lowest BCUT2D eigenvalue weighted by Gasteiger charge is -2.07. The van der Waals surface area contributed by atoms with E-state index in [4.69, 9.17) is 10.9 Å². The molecule has 0 amide bonds. The van der Waals surface area contributed by atoms with Gasteiger partial charge in [0.25, 0.3) is 0 Å². The third kappa shape index (κ3) is 1.89. The van der Waals surface area contributed by atoms with Gasteiger partial charge in [0.05, 0.1) is 5.69 Å². The Labute approximate surface area is 99.5 Å². The SMILES string of the molecule is N/C(=N/O)c1ccc(Br)cc1-n1cncn1. The van der Waals surface area contributed by atoms with Crippen LogP contribution in [0.25, 0.3) is 5.69 Å². The first kappa shape index (κ1) is 10.6. The molecule has 0 atom stereocenters. The van der Waals surface area contributed by atoms with E-state index in [1.54, 1.807) is 12.1 Å². The third-order valence-corrected chi connectivity index (χ3v) is 2.50. The highest BCUT2D eigenvalue weighted by molar-refractivity contribution is 9.10. The summed E-state index contributed by atoms with van der Waals surface area (Å²) in [5.74, 6) is 0.0259. The van der Waals surface area contributed by atoms with E-state index in [9.17, 15) is 0 Å². The van der Waals surface area contributed by atoms with Gasteiger partial charge in [-0.15, -0.1) is 0 Å². The number of hydrogen-bond donors (Lipinski definition) is 2. The van der Waals surface area contributed by atoms with Gasteiger partial charge in [-0.05, 0) is 18.2 Å². The average Bonchev–Trinajstić information content (AvgIpc) is 2.81. The molecule has 2 rings (SSSR count). The molecule has 1 aromatic heterocycles. The van der Waals surface area contributed by atoms with Crippen molar-refractivity contribution >= 4 is 21.8 Å². The summed E-state index contributed by atoms with van der Waals surface area (Å²) in [6.45, 7) is 0. The fourth-order valence-corrected chi connectivity index (χ4v) is 1.65. The Bertz CT molecular complexity index is 523. The molecule has 7 heteroatoms. The summed E-state index contributed by atoms with van der Waals surface area (Å²) >= 11 is 3.35. The Kier molecular flexibility index (Phi) is 2.86. The molecular weight excluding hydrogens is 274 g/mol. The number of hydrogen-bond acceptors (Lipinski definition) is 4. The maximum Gasteiger partial charge on any atom is 0.172 e. The Balaban J connectivity index is 2.62. The van der Waals surface area contributed by atoms with Crippen LogP contribution in [0.1, 0.15) is 5.56 Å². The van der Waals surface area contributed by atoms with Crippen molar-refractivity contribution in [3.8, 4) is 5.69 Å². The maximum atomic E-state index is 8.69. The van der Waals surface area contributed by atoms with Crippen LogP contribution in [-0.4, -0.2) is 25.8 Å². The third-order valence-electron chi connectivity index (χ3n) is 2.01. The summed E-state index contributed by atoms with van der Waals surface area (Å²) in [5.41, 5.74) is 6.84. The number of nitrogens with zero attached hydrogens (tertiary/aromatic N) is 4. The summed E-state index contributed by atoms with van der Waals surface area (Å²) in [6, 6.07) is 5.34. The van der Waals surface area contributed by atoms with Gasteiger partial charge < -0.3 is 10.9 Å². The minimum absolute atomic E-state index is 0.0259. The fraction of sp³-hybridized carbons (Fsp3) is 0. The number of halogens is 1. The van der Waals surface area contributed by atoms with Crippen LogP contribution in [-0.2, 0) is 0 Å². The first-order valence-electron chi connectivity index (χ1n) is 4.35. The van der Waals surface area contributed by atoms with Gasteiger partial charge in [-0.3, -0.25) is 0 Å². The van der Waals surface area contributed by atoms with Crippen LogP contribution < -0.4 is 5.73 Å². The fourth-order valence-electron chi connectivity index (χ4n) is 1.30. The minimum Gasteiger partial charge on any atom is -0.409 e. The zero-order valence-corrected chi connectivity index (χ0v) is 9.66. The second-order valence-electron chi connectivity index (χ2n) is 2.99. The van der Waals surface area contributed by atoms with Gasteiger partial charge in [0.15, 0.2) is 5.84 Å². The molecule has 16 heavy (non-hydrogen) atoms. The van der Waals surface area contributed by atoms with Gasteiger partial charge in [-0.25, -0.2) is 9.67 Å². The van der Waals surface area contributed by atoms with Gasteiger partial charge >= 0.3 is 0 Å². The standard InChI is InChI=1S/C9H8BrN5O/c10-6-1-2-7(9(11)14-16)8(3-6)15-5-12-4-13-15/h1-5,16H,(H2,11,14). The largest absolute Gasteiger partial charge is 0.409 e. The predicted octanol–water partition coefficient (Wildman–Crippen LogP) is 1.12. The van der Waals surface area contributed by atoms with Crippen LogP contribution in [0.5, 0.6) is 0 Å². The molecular formula is C9H8BrN5O. The molecule has 0 spiro atoms. The van der Waals surface area contributed by atoms with E-state index in [1.807, 2.05) is 6.07 Å². The molecule has 0 bridgehead atoms. The van der Waals surface area contributed by atoms with Crippen LogP contribution in [0.2, 0.25) is 0 Å². The van der Waals surface area contributed by atoms with Crippen LogP contribution >= 0.6 is 15.9 Å². The molecule has 0 saturated heterocycles. The van der Waals surface area contributed by atoms with E-state index in [0.29, 0.717) is 11.3 Å². The van der Waals surface area contributed by atoms with Gasteiger partial charge in [-0.2, -0.15) is 5.10 Å². The number of amidine groups is 1. The van der Waals surface area contributed by atoms with Crippen molar-refractivity contribution in [3.63, 3.8) is 0 Å². The Morgan fingerprint density at radius 2 is 2.31 bits per heavy atom. The van der Waals surface area contributed by atoms with E-state index in [-0.39, 0.29) is 5.84 Å². The molecule has 0 aliphatic carbocycles.